The van der Waals surface area contributed by atoms with Crippen LogP contribution in [0.3, 0.4) is 0 Å². The summed E-state index contributed by atoms with van der Waals surface area (Å²) in [5.74, 6) is 2.61. The molecule has 3 aliphatic rings. The fourth-order valence-electron chi connectivity index (χ4n) is 6.92. The molecule has 0 amide bonds. The Hall–Kier alpha value is -1.18. The molecule has 1 N–H and O–H groups in total. The summed E-state index contributed by atoms with van der Waals surface area (Å²) in [4.78, 5) is 0. The smallest absolute Gasteiger partial charge is 0.127 e. The number of phenols is 1. The van der Waals surface area contributed by atoms with Crippen LogP contribution in [-0.2, 0) is 5.41 Å². The molecule has 2 heteroatoms. The van der Waals surface area contributed by atoms with Gasteiger partial charge in [-0.3, -0.25) is 0 Å². The van der Waals surface area contributed by atoms with Crippen LogP contribution in [0.5, 0.6) is 11.5 Å². The number of aromatic hydroxyl groups is 1. The molecule has 1 aromatic carbocycles. The molecule has 0 aromatic heterocycles. The maximum atomic E-state index is 10.7. The molecular formula is C22H32O2. The summed E-state index contributed by atoms with van der Waals surface area (Å²) < 4.78 is 6.24. The second kappa shape index (κ2) is 4.93. The maximum Gasteiger partial charge on any atom is 0.127 e. The fourth-order valence-corrected chi connectivity index (χ4v) is 6.92. The molecular weight excluding hydrogens is 296 g/mol. The van der Waals surface area contributed by atoms with Crippen LogP contribution >= 0.6 is 0 Å². The summed E-state index contributed by atoms with van der Waals surface area (Å²) in [5.41, 5.74) is 2.91. The van der Waals surface area contributed by atoms with Crippen molar-refractivity contribution < 1.29 is 9.84 Å². The van der Waals surface area contributed by atoms with Crippen molar-refractivity contribution in [3.63, 3.8) is 0 Å². The minimum atomic E-state index is 0.0318. The number of benzene rings is 1. The first kappa shape index (κ1) is 16.3. The van der Waals surface area contributed by atoms with E-state index in [1.54, 1.807) is 0 Å². The number of aryl methyl sites for hydroxylation is 1. The molecule has 0 saturated heterocycles. The van der Waals surface area contributed by atoms with E-state index in [-0.39, 0.29) is 5.41 Å². The average molecular weight is 328 g/mol. The van der Waals surface area contributed by atoms with Crippen LogP contribution in [0, 0.1) is 29.6 Å². The first-order chi connectivity index (χ1) is 11.2. The van der Waals surface area contributed by atoms with Gasteiger partial charge in [0.05, 0.1) is 6.61 Å². The standard InChI is InChI=1S/C22H32O2/c1-14-11-15(23)19-16(12-14)24-13-18-21(4)9-6-8-20(2,3)17(21)7-10-22(18,19)5/h11-12,17-18,23H,6-10,13H2,1-5H3/t17-,18+,21-,22+/m0/s1. The summed E-state index contributed by atoms with van der Waals surface area (Å²) in [5, 5.41) is 10.7. The molecule has 132 valence electrons. The van der Waals surface area contributed by atoms with Gasteiger partial charge >= 0.3 is 0 Å². The van der Waals surface area contributed by atoms with Gasteiger partial charge in [-0.2, -0.15) is 0 Å². The highest BCUT2D eigenvalue weighted by Crippen LogP contribution is 2.67. The SMILES string of the molecule is Cc1cc(O)c2c(c1)OC[C@@H]1[C@@]3(C)CCCC(C)(C)[C@@H]3CC[C@@]21C. The van der Waals surface area contributed by atoms with E-state index < -0.39 is 0 Å². The van der Waals surface area contributed by atoms with Gasteiger partial charge in [0, 0.05) is 16.9 Å². The Morgan fingerprint density at radius 1 is 1.04 bits per heavy atom. The molecule has 2 saturated carbocycles. The highest BCUT2D eigenvalue weighted by Gasteiger charge is 2.61. The monoisotopic (exact) mass is 328 g/mol. The second-order valence-electron chi connectivity index (χ2n) is 9.88. The van der Waals surface area contributed by atoms with Gasteiger partial charge in [-0.25, -0.2) is 0 Å². The van der Waals surface area contributed by atoms with E-state index in [0.29, 0.717) is 22.5 Å². The van der Waals surface area contributed by atoms with Crippen LogP contribution in [0.15, 0.2) is 12.1 Å². The highest BCUT2D eigenvalue weighted by molar-refractivity contribution is 5.53. The van der Waals surface area contributed by atoms with Crippen LogP contribution in [0.25, 0.3) is 0 Å². The van der Waals surface area contributed by atoms with E-state index in [4.69, 9.17) is 4.74 Å². The van der Waals surface area contributed by atoms with E-state index in [0.717, 1.165) is 35.8 Å². The lowest BCUT2D eigenvalue weighted by Gasteiger charge is -2.63. The Morgan fingerprint density at radius 2 is 1.79 bits per heavy atom. The topological polar surface area (TPSA) is 29.5 Å². The van der Waals surface area contributed by atoms with Gasteiger partial charge in [-0.05, 0) is 67.1 Å². The third-order valence-corrected chi connectivity index (χ3v) is 8.00. The molecule has 0 radical (unpaired) electrons. The van der Waals surface area contributed by atoms with Crippen LogP contribution in [0.4, 0.5) is 0 Å². The first-order valence-corrected chi connectivity index (χ1v) is 9.65. The zero-order valence-corrected chi connectivity index (χ0v) is 15.9. The minimum Gasteiger partial charge on any atom is -0.507 e. The van der Waals surface area contributed by atoms with Crippen LogP contribution in [0.1, 0.15) is 70.9 Å². The lowest BCUT2D eigenvalue weighted by molar-refractivity contribution is -0.124. The molecule has 24 heavy (non-hydrogen) atoms. The Bertz CT molecular complexity index is 677. The molecule has 0 bridgehead atoms. The Balaban J connectivity index is 1.84. The van der Waals surface area contributed by atoms with Gasteiger partial charge in [0.2, 0.25) is 0 Å². The Kier molecular flexibility index (Phi) is 3.34. The average Bonchev–Trinajstić information content (AvgIpc) is 2.44. The summed E-state index contributed by atoms with van der Waals surface area (Å²) in [7, 11) is 0. The molecule has 1 aromatic rings. The summed E-state index contributed by atoms with van der Waals surface area (Å²) in [6, 6.07) is 4.02. The van der Waals surface area contributed by atoms with Crippen LogP contribution in [0.2, 0.25) is 0 Å². The highest BCUT2D eigenvalue weighted by atomic mass is 16.5. The molecule has 4 rings (SSSR count). The maximum absolute atomic E-state index is 10.7. The van der Waals surface area contributed by atoms with Crippen molar-refractivity contribution in [1.29, 1.82) is 0 Å². The third-order valence-electron chi connectivity index (χ3n) is 8.00. The predicted octanol–water partition coefficient (Wildman–Crippen LogP) is 5.59. The molecule has 1 aliphatic heterocycles. The number of rotatable bonds is 0. The quantitative estimate of drug-likeness (QED) is 0.672. The zero-order chi connectivity index (χ0) is 17.3. The van der Waals surface area contributed by atoms with Crippen molar-refractivity contribution >= 4 is 0 Å². The molecule has 4 atom stereocenters. The summed E-state index contributed by atoms with van der Waals surface area (Å²) >= 11 is 0. The third kappa shape index (κ3) is 2.01. The van der Waals surface area contributed by atoms with Crippen molar-refractivity contribution in [1.82, 2.24) is 0 Å². The number of phenolic OH excluding ortho intramolecular Hbond substituents is 1. The predicted molar refractivity (Wildman–Crippen MR) is 97.6 cm³/mol. The van der Waals surface area contributed by atoms with Crippen molar-refractivity contribution in [2.45, 2.75) is 72.1 Å². The number of hydrogen-bond acceptors (Lipinski definition) is 2. The van der Waals surface area contributed by atoms with Crippen molar-refractivity contribution in [3.8, 4) is 11.5 Å². The van der Waals surface area contributed by atoms with E-state index >= 15 is 0 Å². The lowest BCUT2D eigenvalue weighted by Crippen LogP contribution is -2.59. The molecule has 1 heterocycles. The fraction of sp³-hybridized carbons (Fsp3) is 0.727. The first-order valence-electron chi connectivity index (χ1n) is 9.65. The molecule has 2 aliphatic carbocycles. The van der Waals surface area contributed by atoms with Gasteiger partial charge in [-0.15, -0.1) is 0 Å². The van der Waals surface area contributed by atoms with Gasteiger partial charge < -0.3 is 9.84 Å². The number of hydrogen-bond donors (Lipinski definition) is 1. The van der Waals surface area contributed by atoms with E-state index in [2.05, 4.69) is 33.8 Å². The zero-order valence-electron chi connectivity index (χ0n) is 15.9. The van der Waals surface area contributed by atoms with E-state index in [1.165, 1.54) is 25.7 Å². The molecule has 0 unspecified atom stereocenters. The molecule has 0 spiro atoms. The lowest BCUT2D eigenvalue weighted by atomic mass is 9.42. The largest absolute Gasteiger partial charge is 0.507 e. The minimum absolute atomic E-state index is 0.0318. The molecule has 2 fully saturated rings. The second-order valence-corrected chi connectivity index (χ2v) is 9.88. The Labute approximate surface area is 146 Å². The summed E-state index contributed by atoms with van der Waals surface area (Å²) in [6.45, 7) is 12.7. The summed E-state index contributed by atoms with van der Waals surface area (Å²) in [6.07, 6.45) is 6.39. The number of fused-ring (bicyclic) bond motifs is 5. The van der Waals surface area contributed by atoms with E-state index in [9.17, 15) is 5.11 Å². The van der Waals surface area contributed by atoms with Crippen LogP contribution < -0.4 is 4.74 Å². The van der Waals surface area contributed by atoms with Gasteiger partial charge in [0.15, 0.2) is 0 Å². The van der Waals surface area contributed by atoms with Gasteiger partial charge in [0.25, 0.3) is 0 Å². The van der Waals surface area contributed by atoms with Gasteiger partial charge in [0.1, 0.15) is 11.5 Å². The van der Waals surface area contributed by atoms with Crippen molar-refractivity contribution in [3.05, 3.63) is 23.3 Å². The van der Waals surface area contributed by atoms with E-state index in [1.807, 2.05) is 13.0 Å². The molecule has 2 nitrogen and oxygen atoms in total. The normalized spacial score (nSPS) is 40.0. The van der Waals surface area contributed by atoms with Crippen LogP contribution in [-0.4, -0.2) is 11.7 Å². The van der Waals surface area contributed by atoms with Gasteiger partial charge in [-0.1, -0.05) is 34.1 Å². The van der Waals surface area contributed by atoms with Crippen molar-refractivity contribution in [2.75, 3.05) is 6.61 Å². The Morgan fingerprint density at radius 3 is 2.54 bits per heavy atom. The van der Waals surface area contributed by atoms with Crippen molar-refractivity contribution in [2.24, 2.45) is 22.7 Å². The number of ether oxygens (including phenoxy) is 1.